The number of halogens is 13. The molecule has 0 saturated carbocycles. The van der Waals surface area contributed by atoms with E-state index in [1.807, 2.05) is 0 Å². The first-order valence-corrected chi connectivity index (χ1v) is 4.82. The van der Waals surface area contributed by atoms with Crippen LogP contribution in [0.2, 0.25) is 0 Å². The molecule has 0 aliphatic heterocycles. The number of hydrogen-bond donors (Lipinski definition) is 0. The topological polar surface area (TPSA) is 26.3 Å². The van der Waals surface area contributed by atoms with Gasteiger partial charge in [0.2, 0.25) is 0 Å². The van der Waals surface area contributed by atoms with Crippen molar-refractivity contribution in [2.24, 2.45) is 0 Å². The first-order valence-electron chi connectivity index (χ1n) is 4.82. The van der Waals surface area contributed by atoms with Crippen molar-refractivity contribution < 1.29 is 97.6 Å². The summed E-state index contributed by atoms with van der Waals surface area (Å²) in [5.74, 6) is -33.8. The molecule has 2 nitrogen and oxygen atoms in total. The maximum absolute atomic E-state index is 12.8. The number of alkyl halides is 13. The minimum atomic E-state index is -8.01. The van der Waals surface area contributed by atoms with E-state index in [2.05, 4.69) is 4.74 Å². The molecule has 0 aromatic rings. The van der Waals surface area contributed by atoms with Gasteiger partial charge in [-0.15, -0.1) is 0 Å². The molecule has 0 N–H and O–H groups in total. The largest absolute Gasteiger partial charge is 1.00 e. The van der Waals surface area contributed by atoms with Crippen LogP contribution in [0.15, 0.2) is 0 Å². The Labute approximate surface area is 147 Å². The van der Waals surface area contributed by atoms with Crippen LogP contribution >= 0.6 is 0 Å². The molecule has 0 fully saturated rings. The van der Waals surface area contributed by atoms with E-state index in [9.17, 15) is 61.9 Å². The first-order chi connectivity index (χ1) is 9.67. The molecule has 24 heavy (non-hydrogen) atoms. The maximum Gasteiger partial charge on any atom is 1.00 e. The number of hydrogen-bond acceptors (Lipinski definition) is 2. The fourth-order valence-electron chi connectivity index (χ4n) is 1.000. The normalized spacial score (nSPS) is 14.9. The number of carbonyl (C=O) groups is 1. The molecule has 0 unspecified atom stereocenters. The van der Waals surface area contributed by atoms with Crippen LogP contribution < -0.4 is 29.6 Å². The second-order valence-corrected chi connectivity index (χ2v) is 3.91. The number of carbonyl (C=O) groups excluding carboxylic acids is 1. The van der Waals surface area contributed by atoms with E-state index in [-0.39, 0.29) is 37.9 Å². The Morgan fingerprint density at radius 3 is 1.21 bits per heavy atom. The maximum atomic E-state index is 12.8. The van der Waals surface area contributed by atoms with Gasteiger partial charge < -0.3 is 6.16 Å². The van der Waals surface area contributed by atoms with E-state index < -0.39 is 41.9 Å². The minimum absolute atomic E-state index is 0. The Bertz CT molecular complexity index is 475. The minimum Gasteiger partial charge on any atom is -1.00 e. The molecular formula is C8H4F13NaO2. The molecule has 0 aromatic carbocycles. The molecular weight excluding hydrogens is 398 g/mol. The molecule has 0 spiro atoms. The molecule has 0 aromatic heterocycles. The Kier molecular flexibility index (Phi) is 7.20. The summed E-state index contributed by atoms with van der Waals surface area (Å²) in [5.41, 5.74) is 0. The van der Waals surface area contributed by atoms with Gasteiger partial charge in [0, 0.05) is 6.92 Å². The summed E-state index contributed by atoms with van der Waals surface area (Å²) < 4.78 is 164. The zero-order chi connectivity index (χ0) is 19.3. The van der Waals surface area contributed by atoms with Gasteiger partial charge in [-0.2, -0.15) is 57.1 Å². The van der Waals surface area contributed by atoms with Gasteiger partial charge in [-0.05, 0) is 0 Å². The third kappa shape index (κ3) is 3.71. The average Bonchev–Trinajstić information content (AvgIpc) is 2.24. The summed E-state index contributed by atoms with van der Waals surface area (Å²) in [6, 6.07) is 0. The SMILES string of the molecule is CC(=O)OC(F)(F)C(F)(F)C(F)(F)C(F)(F)C(F)(F)C(F)(F)F.[H-].[Na+]. The van der Waals surface area contributed by atoms with Gasteiger partial charge in [0.1, 0.15) is 0 Å². The van der Waals surface area contributed by atoms with Crippen LogP contribution in [0, 0.1) is 0 Å². The van der Waals surface area contributed by atoms with Crippen LogP contribution in [0.25, 0.3) is 0 Å². The van der Waals surface area contributed by atoms with Gasteiger partial charge in [-0.1, -0.05) is 0 Å². The average molecular weight is 402 g/mol. The van der Waals surface area contributed by atoms with E-state index in [0.717, 1.165) is 0 Å². The van der Waals surface area contributed by atoms with E-state index in [1.165, 1.54) is 0 Å². The van der Waals surface area contributed by atoms with Crippen molar-refractivity contribution in [3.05, 3.63) is 0 Å². The van der Waals surface area contributed by atoms with Crippen molar-refractivity contribution >= 4 is 5.97 Å². The van der Waals surface area contributed by atoms with Crippen LogP contribution in [0.5, 0.6) is 0 Å². The molecule has 0 atom stereocenters. The molecule has 0 saturated heterocycles. The molecule has 0 aliphatic rings. The Morgan fingerprint density at radius 2 is 0.958 bits per heavy atom. The predicted molar refractivity (Wildman–Crippen MR) is 43.7 cm³/mol. The summed E-state index contributed by atoms with van der Waals surface area (Å²) in [7, 11) is 0. The van der Waals surface area contributed by atoms with E-state index in [0.29, 0.717) is 0 Å². The van der Waals surface area contributed by atoms with Crippen LogP contribution in [0.3, 0.4) is 0 Å². The summed E-state index contributed by atoms with van der Waals surface area (Å²) >= 11 is 0. The monoisotopic (exact) mass is 402 g/mol. The zero-order valence-corrected chi connectivity index (χ0v) is 13.2. The Hall–Kier alpha value is -0.440. The fourth-order valence-corrected chi connectivity index (χ4v) is 1.000. The van der Waals surface area contributed by atoms with Crippen molar-refractivity contribution in [2.45, 2.75) is 42.9 Å². The van der Waals surface area contributed by atoms with Crippen LogP contribution in [0.4, 0.5) is 57.1 Å². The standard InChI is InChI=1S/C8H3F13O2.Na.H/c1-2(22)23-8(20,21)6(15,16)4(11,12)3(9,10)5(13,14)7(17,18)19;;/h1H3;;/q;+1;-1. The quantitative estimate of drug-likeness (QED) is 0.395. The summed E-state index contributed by atoms with van der Waals surface area (Å²) in [6.45, 7) is -0.0788. The molecule has 0 amide bonds. The Morgan fingerprint density at radius 1 is 0.667 bits per heavy atom. The van der Waals surface area contributed by atoms with Gasteiger partial charge >= 0.3 is 71.5 Å². The fraction of sp³-hybridized carbons (Fsp3) is 0.875. The van der Waals surface area contributed by atoms with Gasteiger partial charge in [-0.25, -0.2) is 0 Å². The van der Waals surface area contributed by atoms with Gasteiger partial charge in [0.15, 0.2) is 0 Å². The third-order valence-electron chi connectivity index (χ3n) is 2.18. The van der Waals surface area contributed by atoms with Gasteiger partial charge in [0.25, 0.3) is 0 Å². The van der Waals surface area contributed by atoms with Crippen LogP contribution in [-0.4, -0.2) is 41.9 Å². The smallest absolute Gasteiger partial charge is 1.00 e. The van der Waals surface area contributed by atoms with Crippen molar-refractivity contribution in [3.8, 4) is 0 Å². The van der Waals surface area contributed by atoms with Crippen LogP contribution in [0.1, 0.15) is 8.35 Å². The molecule has 0 rings (SSSR count). The molecule has 0 radical (unpaired) electrons. The third-order valence-corrected chi connectivity index (χ3v) is 2.18. The number of esters is 1. The van der Waals surface area contributed by atoms with E-state index in [4.69, 9.17) is 0 Å². The first kappa shape index (κ1) is 25.8. The van der Waals surface area contributed by atoms with Crippen molar-refractivity contribution in [1.82, 2.24) is 0 Å². The molecule has 0 aliphatic carbocycles. The second-order valence-electron chi connectivity index (χ2n) is 3.91. The van der Waals surface area contributed by atoms with Crippen molar-refractivity contribution in [3.63, 3.8) is 0 Å². The molecule has 140 valence electrons. The Balaban J connectivity index is -0.00000242. The molecule has 0 bridgehead atoms. The van der Waals surface area contributed by atoms with E-state index >= 15 is 0 Å². The van der Waals surface area contributed by atoms with Crippen molar-refractivity contribution in [1.29, 1.82) is 0 Å². The summed E-state index contributed by atoms with van der Waals surface area (Å²) in [6.07, 6.45) is -14.3. The van der Waals surface area contributed by atoms with Crippen LogP contribution in [-0.2, 0) is 9.53 Å². The summed E-state index contributed by atoms with van der Waals surface area (Å²) in [5, 5.41) is 0. The zero-order valence-electron chi connectivity index (χ0n) is 12.2. The number of rotatable bonds is 5. The van der Waals surface area contributed by atoms with Crippen molar-refractivity contribution in [2.75, 3.05) is 0 Å². The molecule has 0 heterocycles. The summed E-state index contributed by atoms with van der Waals surface area (Å²) in [4.78, 5) is 10.0. The van der Waals surface area contributed by atoms with Gasteiger partial charge in [0.05, 0.1) is 0 Å². The van der Waals surface area contributed by atoms with E-state index in [1.54, 1.807) is 0 Å². The predicted octanol–water partition coefficient (Wildman–Crippen LogP) is 1.36. The molecule has 16 heteroatoms. The number of ether oxygens (including phenoxy) is 1. The second kappa shape index (κ2) is 6.70. The van der Waals surface area contributed by atoms with Gasteiger partial charge in [-0.3, -0.25) is 4.79 Å².